The molecule has 3 aromatic rings. The summed E-state index contributed by atoms with van der Waals surface area (Å²) < 4.78 is 0. The number of amides is 2. The van der Waals surface area contributed by atoms with Crippen LogP contribution in [0.4, 0.5) is 0 Å². The normalized spacial score (nSPS) is 10.7. The highest BCUT2D eigenvalue weighted by Gasteiger charge is 2.11. The van der Waals surface area contributed by atoms with E-state index in [4.69, 9.17) is 5.73 Å². The summed E-state index contributed by atoms with van der Waals surface area (Å²) in [6.45, 7) is 0.530. The molecule has 0 aliphatic rings. The minimum Gasteiger partial charge on any atom is -0.366 e. The third-order valence-electron chi connectivity index (χ3n) is 4.00. The van der Waals surface area contributed by atoms with Crippen LogP contribution in [0.25, 0.3) is 10.9 Å². The molecule has 1 radical (unpaired) electrons. The van der Waals surface area contributed by atoms with Crippen molar-refractivity contribution in [1.82, 2.24) is 15.3 Å². The lowest BCUT2D eigenvalue weighted by Crippen LogP contribution is -2.26. The fourth-order valence-electron chi connectivity index (χ4n) is 2.75. The van der Waals surface area contributed by atoms with Crippen molar-refractivity contribution in [3.8, 4) is 0 Å². The van der Waals surface area contributed by atoms with Gasteiger partial charge in [-0.1, -0.05) is 18.2 Å². The molecule has 0 aliphatic carbocycles. The first-order valence-corrected chi connectivity index (χ1v) is 8.05. The fourth-order valence-corrected chi connectivity index (χ4v) is 2.75. The number of aromatic nitrogens is 2. The Morgan fingerprint density at radius 1 is 1.20 bits per heavy atom. The molecule has 0 atom stereocenters. The zero-order chi connectivity index (χ0) is 17.6. The minimum atomic E-state index is -0.545. The first-order chi connectivity index (χ1) is 12.1. The van der Waals surface area contributed by atoms with Gasteiger partial charge in [-0.15, -0.1) is 0 Å². The first-order valence-electron chi connectivity index (χ1n) is 8.05. The van der Waals surface area contributed by atoms with E-state index in [-0.39, 0.29) is 12.3 Å². The largest absolute Gasteiger partial charge is 0.366 e. The zero-order valence-corrected chi connectivity index (χ0v) is 13.7. The van der Waals surface area contributed by atoms with Gasteiger partial charge in [-0.3, -0.25) is 14.6 Å². The lowest BCUT2D eigenvalue weighted by atomic mass is 10.1. The van der Waals surface area contributed by atoms with Gasteiger partial charge in [0.25, 0.3) is 5.91 Å². The molecule has 25 heavy (non-hydrogen) atoms. The molecule has 0 aliphatic heterocycles. The Morgan fingerprint density at radius 2 is 2.04 bits per heavy atom. The van der Waals surface area contributed by atoms with Crippen molar-refractivity contribution in [3.63, 3.8) is 0 Å². The van der Waals surface area contributed by atoms with Crippen LogP contribution in [0.5, 0.6) is 0 Å². The number of H-pyrrole nitrogens is 1. The summed E-state index contributed by atoms with van der Waals surface area (Å²) in [4.78, 5) is 30.6. The maximum absolute atomic E-state index is 12.0. The van der Waals surface area contributed by atoms with E-state index in [2.05, 4.69) is 21.4 Å². The third-order valence-corrected chi connectivity index (χ3v) is 4.00. The monoisotopic (exact) mass is 335 g/mol. The molecule has 2 aromatic heterocycles. The molecule has 3 rings (SSSR count). The number of rotatable bonds is 7. The number of carbonyl (C=O) groups is 2. The predicted molar refractivity (Wildman–Crippen MR) is 95.8 cm³/mol. The highest BCUT2D eigenvalue weighted by Crippen LogP contribution is 2.17. The van der Waals surface area contributed by atoms with Gasteiger partial charge in [0.2, 0.25) is 5.91 Å². The molecule has 0 unspecified atom stereocenters. The fraction of sp³-hybridized carbons (Fsp3) is 0.158. The van der Waals surface area contributed by atoms with E-state index >= 15 is 0 Å². The lowest BCUT2D eigenvalue weighted by Gasteiger charge is -2.06. The summed E-state index contributed by atoms with van der Waals surface area (Å²) in [6.07, 6.45) is 6.01. The molecule has 4 N–H and O–H groups in total. The first kappa shape index (κ1) is 16.7. The number of carbonyl (C=O) groups excluding carboxylic acids is 2. The molecule has 6 heteroatoms. The van der Waals surface area contributed by atoms with Crippen molar-refractivity contribution < 1.29 is 9.59 Å². The number of hydrogen-bond donors (Lipinski definition) is 3. The van der Waals surface area contributed by atoms with Gasteiger partial charge < -0.3 is 16.0 Å². The van der Waals surface area contributed by atoms with E-state index in [1.165, 1.54) is 11.8 Å². The minimum absolute atomic E-state index is 0.194. The van der Waals surface area contributed by atoms with E-state index in [1.54, 1.807) is 18.3 Å². The van der Waals surface area contributed by atoms with Crippen LogP contribution < -0.4 is 11.1 Å². The van der Waals surface area contributed by atoms with Gasteiger partial charge in [-0.05, 0) is 30.2 Å². The molecule has 0 fully saturated rings. The Kier molecular flexibility index (Phi) is 5.09. The third kappa shape index (κ3) is 4.03. The number of fused-ring (bicyclic) bond motifs is 1. The van der Waals surface area contributed by atoms with E-state index in [0.29, 0.717) is 17.8 Å². The van der Waals surface area contributed by atoms with Crippen LogP contribution in [0.1, 0.15) is 21.6 Å². The Balaban J connectivity index is 1.50. The number of nitrogens with two attached hydrogens (primary N) is 1. The quantitative estimate of drug-likeness (QED) is 0.613. The van der Waals surface area contributed by atoms with Crippen molar-refractivity contribution in [2.24, 2.45) is 5.73 Å². The number of aromatic amines is 1. The van der Waals surface area contributed by atoms with Crippen molar-refractivity contribution in [3.05, 3.63) is 72.0 Å². The Morgan fingerprint density at radius 3 is 2.88 bits per heavy atom. The highest BCUT2D eigenvalue weighted by atomic mass is 16.2. The van der Waals surface area contributed by atoms with Gasteiger partial charge in [0, 0.05) is 36.3 Å². The summed E-state index contributed by atoms with van der Waals surface area (Å²) in [5.41, 5.74) is 8.40. The van der Waals surface area contributed by atoms with Gasteiger partial charge in [0.15, 0.2) is 0 Å². The number of primary amides is 1. The maximum atomic E-state index is 12.0. The molecule has 0 spiro atoms. The summed E-state index contributed by atoms with van der Waals surface area (Å²) in [7, 11) is 0. The summed E-state index contributed by atoms with van der Waals surface area (Å²) in [5, 5.41) is 4.02. The van der Waals surface area contributed by atoms with E-state index in [9.17, 15) is 9.59 Å². The lowest BCUT2D eigenvalue weighted by molar-refractivity contribution is -0.117. The van der Waals surface area contributed by atoms with E-state index < -0.39 is 5.91 Å². The van der Waals surface area contributed by atoms with Crippen LogP contribution in [0.2, 0.25) is 0 Å². The summed E-state index contributed by atoms with van der Waals surface area (Å²) in [6, 6.07) is 11.3. The van der Waals surface area contributed by atoms with E-state index in [1.807, 2.05) is 24.4 Å². The number of nitrogens with zero attached hydrogens (tertiary/aromatic N) is 1. The Bertz CT molecular complexity index is 901. The van der Waals surface area contributed by atoms with Crippen molar-refractivity contribution in [2.75, 3.05) is 6.54 Å². The number of hydrogen-bond acceptors (Lipinski definition) is 3. The maximum Gasteiger partial charge on any atom is 0.250 e. The molecule has 127 valence electrons. The molecule has 6 nitrogen and oxygen atoms in total. The molecule has 0 saturated carbocycles. The number of para-hydroxylation sites is 1. The zero-order valence-electron chi connectivity index (χ0n) is 13.7. The standard InChI is InChI=1S/C19H19N4O2/c20-19(25)15-5-3-10-21-17(15)7-8-18(24)22-11-9-13-12-23-16-6-2-1-4-14(13)16/h1-6,8,10,12,23H,7,9,11H2,(H2,20,25)(H,22,24). The van der Waals surface area contributed by atoms with Crippen molar-refractivity contribution >= 4 is 22.7 Å². The van der Waals surface area contributed by atoms with Crippen LogP contribution in [0.15, 0.2) is 48.8 Å². The molecule has 0 saturated heterocycles. The second kappa shape index (κ2) is 7.61. The van der Waals surface area contributed by atoms with Crippen LogP contribution in [0.3, 0.4) is 0 Å². The molecule has 0 bridgehead atoms. The highest BCUT2D eigenvalue weighted by molar-refractivity contribution is 5.94. The molecular formula is C19H19N4O2. The number of nitrogens with one attached hydrogen (secondary N) is 2. The summed E-state index contributed by atoms with van der Waals surface area (Å²) in [5.74, 6) is -0.739. The van der Waals surface area contributed by atoms with Crippen LogP contribution in [-0.2, 0) is 17.6 Å². The predicted octanol–water partition coefficient (Wildman–Crippen LogP) is 1.77. The SMILES string of the molecule is NC(=O)c1cccnc1C[CH]C(=O)NCCc1c[nH]c2ccccc12. The van der Waals surface area contributed by atoms with Gasteiger partial charge >= 0.3 is 0 Å². The second-order valence-electron chi connectivity index (χ2n) is 5.67. The van der Waals surface area contributed by atoms with Gasteiger partial charge in [0.1, 0.15) is 0 Å². The number of benzene rings is 1. The van der Waals surface area contributed by atoms with Crippen LogP contribution >= 0.6 is 0 Å². The average Bonchev–Trinajstić information content (AvgIpc) is 3.03. The Hall–Kier alpha value is -3.15. The second-order valence-corrected chi connectivity index (χ2v) is 5.67. The smallest absolute Gasteiger partial charge is 0.250 e. The number of pyridine rings is 1. The van der Waals surface area contributed by atoms with Gasteiger partial charge in [-0.2, -0.15) is 0 Å². The van der Waals surface area contributed by atoms with Crippen LogP contribution in [0, 0.1) is 6.42 Å². The molecule has 2 amide bonds. The van der Waals surface area contributed by atoms with Crippen LogP contribution in [-0.4, -0.2) is 28.3 Å². The van der Waals surface area contributed by atoms with Crippen molar-refractivity contribution in [2.45, 2.75) is 12.8 Å². The molecule has 1 aromatic carbocycles. The summed E-state index contributed by atoms with van der Waals surface area (Å²) >= 11 is 0. The van der Waals surface area contributed by atoms with Gasteiger partial charge in [-0.25, -0.2) is 0 Å². The van der Waals surface area contributed by atoms with Gasteiger partial charge in [0.05, 0.1) is 17.7 Å². The molecule has 2 heterocycles. The van der Waals surface area contributed by atoms with E-state index in [0.717, 1.165) is 17.5 Å². The Labute approximate surface area is 145 Å². The average molecular weight is 335 g/mol. The van der Waals surface area contributed by atoms with Crippen molar-refractivity contribution in [1.29, 1.82) is 0 Å². The topological polar surface area (TPSA) is 101 Å². The molecular weight excluding hydrogens is 316 g/mol.